The Balaban J connectivity index is 1.78. The molecule has 0 atom stereocenters. The van der Waals surface area contributed by atoms with E-state index in [1.807, 2.05) is 60.8 Å². The zero-order chi connectivity index (χ0) is 18.5. The summed E-state index contributed by atoms with van der Waals surface area (Å²) in [5.41, 5.74) is 4.89. The minimum absolute atomic E-state index is 0.306. The Morgan fingerprint density at radius 1 is 0.741 bits per heavy atom. The van der Waals surface area contributed by atoms with Crippen molar-refractivity contribution in [1.29, 1.82) is 0 Å². The number of phenolic OH excluding ortho intramolecular Hbond substituents is 1. The second-order valence-electron chi connectivity index (χ2n) is 7.26. The molecule has 1 saturated carbocycles. The zero-order valence-corrected chi connectivity index (χ0v) is 15.5. The molecule has 0 aromatic heterocycles. The largest absolute Gasteiger partial charge is 0.507 e. The van der Waals surface area contributed by atoms with Crippen LogP contribution >= 0.6 is 0 Å². The summed E-state index contributed by atoms with van der Waals surface area (Å²) in [6.07, 6.45) is 8.02. The second-order valence-corrected chi connectivity index (χ2v) is 7.26. The van der Waals surface area contributed by atoms with Crippen LogP contribution in [-0.2, 0) is 0 Å². The van der Waals surface area contributed by atoms with Crippen LogP contribution in [0.5, 0.6) is 5.75 Å². The zero-order valence-electron chi connectivity index (χ0n) is 15.5. The van der Waals surface area contributed by atoms with Gasteiger partial charge in [0.1, 0.15) is 5.75 Å². The summed E-state index contributed by atoms with van der Waals surface area (Å²) in [6.45, 7) is 0. The van der Waals surface area contributed by atoms with Gasteiger partial charge < -0.3 is 5.11 Å². The monoisotopic (exact) mass is 355 g/mol. The van der Waals surface area contributed by atoms with Crippen molar-refractivity contribution in [2.45, 2.75) is 38.1 Å². The highest BCUT2D eigenvalue weighted by molar-refractivity contribution is 5.92. The number of nitrogens with zero attached hydrogens (tertiary/aromatic N) is 1. The first kappa shape index (κ1) is 17.5. The molecule has 0 heterocycles. The van der Waals surface area contributed by atoms with Gasteiger partial charge in [-0.2, -0.15) is 0 Å². The van der Waals surface area contributed by atoms with E-state index in [1.54, 1.807) is 0 Å². The van der Waals surface area contributed by atoms with E-state index < -0.39 is 0 Å². The minimum atomic E-state index is 0.306. The summed E-state index contributed by atoms with van der Waals surface area (Å²) in [7, 11) is 0. The van der Waals surface area contributed by atoms with Crippen LogP contribution in [0.3, 0.4) is 0 Å². The van der Waals surface area contributed by atoms with Gasteiger partial charge in [-0.05, 0) is 41.7 Å². The summed E-state index contributed by atoms with van der Waals surface area (Å²) in [5.74, 6) is 0.306. The van der Waals surface area contributed by atoms with Crippen molar-refractivity contribution >= 4 is 6.21 Å². The summed E-state index contributed by atoms with van der Waals surface area (Å²) in [4.78, 5) is 4.80. The summed E-state index contributed by atoms with van der Waals surface area (Å²) in [5, 5.41) is 11.0. The summed E-state index contributed by atoms with van der Waals surface area (Å²) < 4.78 is 0. The van der Waals surface area contributed by atoms with E-state index in [0.717, 1.165) is 40.7 Å². The van der Waals surface area contributed by atoms with E-state index >= 15 is 0 Å². The number of aliphatic imine (C=N–C) groups is 1. The van der Waals surface area contributed by atoms with Crippen molar-refractivity contribution in [3.8, 4) is 28.0 Å². The fourth-order valence-electron chi connectivity index (χ4n) is 3.81. The molecule has 2 nitrogen and oxygen atoms in total. The van der Waals surface area contributed by atoms with Crippen LogP contribution in [0.2, 0.25) is 0 Å². The molecule has 0 radical (unpaired) electrons. The van der Waals surface area contributed by atoms with Crippen LogP contribution in [0, 0.1) is 0 Å². The van der Waals surface area contributed by atoms with Gasteiger partial charge in [-0.1, -0.05) is 79.9 Å². The lowest BCUT2D eigenvalue weighted by Crippen LogP contribution is -2.09. The maximum absolute atomic E-state index is 11.0. The van der Waals surface area contributed by atoms with Crippen LogP contribution in [-0.4, -0.2) is 17.4 Å². The van der Waals surface area contributed by atoms with E-state index in [-0.39, 0.29) is 0 Å². The van der Waals surface area contributed by atoms with E-state index in [9.17, 15) is 5.11 Å². The second kappa shape index (κ2) is 8.22. The number of aromatic hydroxyl groups is 1. The van der Waals surface area contributed by atoms with Gasteiger partial charge in [-0.25, -0.2) is 0 Å². The molecule has 0 saturated heterocycles. The van der Waals surface area contributed by atoms with Crippen molar-refractivity contribution in [2.24, 2.45) is 4.99 Å². The number of hydrogen-bond acceptors (Lipinski definition) is 2. The average Bonchev–Trinajstić information content (AvgIpc) is 2.75. The third-order valence-corrected chi connectivity index (χ3v) is 5.33. The number of hydrogen-bond donors (Lipinski definition) is 1. The van der Waals surface area contributed by atoms with E-state index in [2.05, 4.69) is 18.2 Å². The minimum Gasteiger partial charge on any atom is -0.507 e. The maximum atomic E-state index is 11.0. The predicted molar refractivity (Wildman–Crippen MR) is 113 cm³/mol. The molecule has 1 aliphatic carbocycles. The highest BCUT2D eigenvalue weighted by atomic mass is 16.3. The fourth-order valence-corrected chi connectivity index (χ4v) is 3.81. The predicted octanol–water partition coefficient (Wildman–Crippen LogP) is 6.48. The van der Waals surface area contributed by atoms with Crippen LogP contribution < -0.4 is 0 Å². The van der Waals surface area contributed by atoms with Gasteiger partial charge in [-0.15, -0.1) is 0 Å². The van der Waals surface area contributed by atoms with Crippen molar-refractivity contribution < 1.29 is 5.11 Å². The first-order valence-corrected chi connectivity index (χ1v) is 9.82. The fraction of sp³-hybridized carbons (Fsp3) is 0.240. The molecule has 4 rings (SSSR count). The molecule has 0 bridgehead atoms. The Hall–Kier alpha value is -2.87. The molecule has 1 fully saturated rings. The molecular weight excluding hydrogens is 330 g/mol. The number of phenols is 1. The molecule has 0 spiro atoms. The molecule has 3 aromatic rings. The van der Waals surface area contributed by atoms with Gasteiger partial charge in [0, 0.05) is 23.4 Å². The van der Waals surface area contributed by atoms with Crippen molar-refractivity contribution in [3.05, 3.63) is 78.4 Å². The SMILES string of the molecule is Oc1c(C=NC2CCCCC2)cc(-c2ccccc2)cc1-c1ccccc1. The van der Waals surface area contributed by atoms with Gasteiger partial charge in [-0.3, -0.25) is 4.99 Å². The molecule has 0 unspecified atom stereocenters. The van der Waals surface area contributed by atoms with Gasteiger partial charge in [0.05, 0.1) is 0 Å². The quantitative estimate of drug-likeness (QED) is 0.534. The van der Waals surface area contributed by atoms with Crippen molar-refractivity contribution in [3.63, 3.8) is 0 Å². The van der Waals surface area contributed by atoms with Gasteiger partial charge in [0.15, 0.2) is 0 Å². The topological polar surface area (TPSA) is 32.6 Å². The third kappa shape index (κ3) is 4.11. The molecule has 1 aliphatic rings. The highest BCUT2D eigenvalue weighted by Gasteiger charge is 2.14. The Kier molecular flexibility index (Phi) is 5.34. The number of rotatable bonds is 4. The first-order chi connectivity index (χ1) is 13.3. The number of benzene rings is 3. The Morgan fingerprint density at radius 3 is 2.04 bits per heavy atom. The Bertz CT molecular complexity index is 910. The maximum Gasteiger partial charge on any atom is 0.132 e. The summed E-state index contributed by atoms with van der Waals surface area (Å²) in [6, 6.07) is 24.9. The van der Waals surface area contributed by atoms with Crippen LogP contribution in [0.15, 0.2) is 77.8 Å². The lowest BCUT2D eigenvalue weighted by atomic mass is 9.94. The standard InChI is InChI=1S/C25H25NO/c27-25-22(18-26-23-14-8-3-9-15-23)16-21(19-10-4-1-5-11-19)17-24(25)20-12-6-2-7-13-20/h1-2,4-7,10-13,16-18,23,27H,3,8-9,14-15H2. The Labute approximate surface area is 161 Å². The van der Waals surface area contributed by atoms with Crippen molar-refractivity contribution in [1.82, 2.24) is 0 Å². The molecule has 136 valence electrons. The molecule has 0 aliphatic heterocycles. The normalized spacial score (nSPS) is 15.3. The molecular formula is C25H25NO. The van der Waals surface area contributed by atoms with Crippen molar-refractivity contribution in [2.75, 3.05) is 0 Å². The van der Waals surface area contributed by atoms with Crippen LogP contribution in [0.4, 0.5) is 0 Å². The van der Waals surface area contributed by atoms with Gasteiger partial charge in [0.25, 0.3) is 0 Å². The van der Waals surface area contributed by atoms with Gasteiger partial charge >= 0.3 is 0 Å². The molecule has 3 aromatic carbocycles. The average molecular weight is 355 g/mol. The van der Waals surface area contributed by atoms with Gasteiger partial charge in [0.2, 0.25) is 0 Å². The van der Waals surface area contributed by atoms with E-state index in [0.29, 0.717) is 11.8 Å². The van der Waals surface area contributed by atoms with E-state index in [1.165, 1.54) is 19.3 Å². The molecule has 2 heteroatoms. The summed E-state index contributed by atoms with van der Waals surface area (Å²) >= 11 is 0. The smallest absolute Gasteiger partial charge is 0.132 e. The van der Waals surface area contributed by atoms with Crippen LogP contribution in [0.25, 0.3) is 22.3 Å². The first-order valence-electron chi connectivity index (χ1n) is 9.82. The Morgan fingerprint density at radius 2 is 1.37 bits per heavy atom. The van der Waals surface area contributed by atoms with E-state index in [4.69, 9.17) is 4.99 Å². The van der Waals surface area contributed by atoms with Crippen LogP contribution in [0.1, 0.15) is 37.7 Å². The third-order valence-electron chi connectivity index (χ3n) is 5.33. The molecule has 27 heavy (non-hydrogen) atoms. The lowest BCUT2D eigenvalue weighted by Gasteiger charge is -2.17. The molecule has 0 amide bonds. The lowest BCUT2D eigenvalue weighted by molar-refractivity contribution is 0.444. The highest BCUT2D eigenvalue weighted by Crippen LogP contribution is 2.36. The molecule has 1 N–H and O–H groups in total.